The van der Waals surface area contributed by atoms with Crippen LogP contribution in [-0.2, 0) is 22.0 Å². The molecule has 3 unspecified atom stereocenters. The standard InChI is InChI=1S/C18H20N6O3S/c1-18(2,3)17-21-20-16(28(17)26)14-11-8-10-4-5-12(27-10)15(11)24(22-14)13-9-23(25)7-6-19-13/h6-7,9-10,12H,4-5,8H2,1-3H3. The second-order valence-corrected chi connectivity index (χ2v) is 9.57. The number of aromatic nitrogens is 4. The Hall–Kier alpha value is -2.46. The zero-order valence-corrected chi connectivity index (χ0v) is 16.6. The fourth-order valence-electron chi connectivity index (χ4n) is 3.92. The van der Waals surface area contributed by atoms with E-state index in [-0.39, 0.29) is 17.6 Å². The van der Waals surface area contributed by atoms with E-state index in [1.165, 1.54) is 18.6 Å². The lowest BCUT2D eigenvalue weighted by Crippen LogP contribution is -2.27. The van der Waals surface area contributed by atoms with E-state index < -0.39 is 10.8 Å². The Balaban J connectivity index is 1.65. The van der Waals surface area contributed by atoms with E-state index in [0.717, 1.165) is 24.1 Å². The molecule has 2 aromatic heterocycles. The van der Waals surface area contributed by atoms with Crippen LogP contribution in [0.4, 0.5) is 0 Å². The van der Waals surface area contributed by atoms with Crippen molar-refractivity contribution in [3.8, 4) is 5.82 Å². The van der Waals surface area contributed by atoms with Crippen molar-refractivity contribution in [1.29, 1.82) is 0 Å². The molecule has 0 aromatic carbocycles. The highest BCUT2D eigenvalue weighted by atomic mass is 32.2. The van der Waals surface area contributed by atoms with Crippen LogP contribution in [0.3, 0.4) is 0 Å². The molecule has 3 atom stereocenters. The molecule has 5 rings (SSSR count). The molecule has 146 valence electrons. The van der Waals surface area contributed by atoms with Gasteiger partial charge < -0.3 is 9.94 Å². The van der Waals surface area contributed by atoms with Crippen molar-refractivity contribution >= 4 is 20.9 Å². The third-order valence-electron chi connectivity index (χ3n) is 5.17. The van der Waals surface area contributed by atoms with Gasteiger partial charge in [-0.3, -0.25) is 0 Å². The molecule has 2 aromatic rings. The molecular formula is C18H20N6O3S. The second kappa shape index (κ2) is 6.02. The minimum Gasteiger partial charge on any atom is -0.619 e. The zero-order chi connectivity index (χ0) is 19.6. The summed E-state index contributed by atoms with van der Waals surface area (Å²) in [6, 6.07) is 0. The van der Waals surface area contributed by atoms with Crippen molar-refractivity contribution in [2.24, 2.45) is 15.6 Å². The summed E-state index contributed by atoms with van der Waals surface area (Å²) in [5, 5.41) is 25.8. The lowest BCUT2D eigenvalue weighted by Gasteiger charge is -2.22. The lowest BCUT2D eigenvalue weighted by molar-refractivity contribution is -0.605. The van der Waals surface area contributed by atoms with Crippen molar-refractivity contribution in [2.45, 2.75) is 52.2 Å². The fraction of sp³-hybridized carbons (Fsp3) is 0.500. The SMILES string of the molecule is CC(C)(C)C1=NN=C(c2nn(-c3c[n+]([O-])ccn3)c3c2CC2CCC3O2)S1=O. The van der Waals surface area contributed by atoms with E-state index in [1.807, 2.05) is 20.8 Å². The Morgan fingerprint density at radius 2 is 2.14 bits per heavy atom. The average Bonchev–Trinajstić information content (AvgIpc) is 3.30. The van der Waals surface area contributed by atoms with E-state index in [4.69, 9.17) is 9.84 Å². The summed E-state index contributed by atoms with van der Waals surface area (Å²) in [5.41, 5.74) is 2.06. The predicted molar refractivity (Wildman–Crippen MR) is 102 cm³/mol. The van der Waals surface area contributed by atoms with Gasteiger partial charge in [0.05, 0.1) is 18.0 Å². The van der Waals surface area contributed by atoms with E-state index in [2.05, 4.69) is 15.2 Å². The van der Waals surface area contributed by atoms with Gasteiger partial charge in [0.15, 0.2) is 11.2 Å². The molecule has 3 aliphatic heterocycles. The maximum absolute atomic E-state index is 13.1. The van der Waals surface area contributed by atoms with E-state index in [9.17, 15) is 9.42 Å². The first kappa shape index (κ1) is 17.6. The van der Waals surface area contributed by atoms with E-state index in [0.29, 0.717) is 32.8 Å². The average molecular weight is 400 g/mol. The Morgan fingerprint density at radius 1 is 1.32 bits per heavy atom. The normalized spacial score (nSPS) is 26.2. The van der Waals surface area contributed by atoms with Crippen molar-refractivity contribution in [2.75, 3.05) is 0 Å². The highest BCUT2D eigenvalue weighted by molar-refractivity contribution is 8.14. The molecule has 28 heavy (non-hydrogen) atoms. The molecule has 0 saturated carbocycles. The molecule has 2 bridgehead atoms. The van der Waals surface area contributed by atoms with Crippen LogP contribution >= 0.6 is 0 Å². The Bertz CT molecular complexity index is 1070. The number of fused-ring (bicyclic) bond motifs is 4. The lowest BCUT2D eigenvalue weighted by atomic mass is 9.99. The van der Waals surface area contributed by atoms with Crippen LogP contribution in [0.5, 0.6) is 0 Å². The van der Waals surface area contributed by atoms with Gasteiger partial charge in [0.2, 0.25) is 12.0 Å². The highest BCUT2D eigenvalue weighted by Gasteiger charge is 2.43. The first-order chi connectivity index (χ1) is 13.3. The summed E-state index contributed by atoms with van der Waals surface area (Å²) in [6.07, 6.45) is 6.64. The summed E-state index contributed by atoms with van der Waals surface area (Å²) >= 11 is 0. The van der Waals surface area contributed by atoms with Crippen molar-refractivity contribution in [3.63, 3.8) is 0 Å². The van der Waals surface area contributed by atoms with Crippen LogP contribution in [0, 0.1) is 10.6 Å². The van der Waals surface area contributed by atoms with Crippen LogP contribution in [0.1, 0.15) is 56.7 Å². The number of hydrogen-bond acceptors (Lipinski definition) is 7. The number of rotatable bonds is 2. The number of hydrogen-bond donors (Lipinski definition) is 0. The van der Waals surface area contributed by atoms with Gasteiger partial charge >= 0.3 is 0 Å². The first-order valence-corrected chi connectivity index (χ1v) is 10.4. The van der Waals surface area contributed by atoms with Gasteiger partial charge in [-0.15, -0.1) is 10.2 Å². The van der Waals surface area contributed by atoms with E-state index >= 15 is 0 Å². The van der Waals surface area contributed by atoms with Gasteiger partial charge in [-0.1, -0.05) is 20.8 Å². The maximum atomic E-state index is 13.1. The summed E-state index contributed by atoms with van der Waals surface area (Å²) in [6.45, 7) is 5.89. The fourth-order valence-corrected chi connectivity index (χ4v) is 5.23. The minimum atomic E-state index is -1.47. The molecule has 0 spiro atoms. The molecule has 5 heterocycles. The smallest absolute Gasteiger partial charge is 0.225 e. The van der Waals surface area contributed by atoms with Crippen LogP contribution in [-0.4, -0.2) is 35.2 Å². The third-order valence-corrected chi connectivity index (χ3v) is 6.85. The molecule has 0 aliphatic carbocycles. The van der Waals surface area contributed by atoms with Crippen LogP contribution in [0.25, 0.3) is 5.82 Å². The van der Waals surface area contributed by atoms with Gasteiger partial charge in [0.1, 0.15) is 27.6 Å². The van der Waals surface area contributed by atoms with Gasteiger partial charge in [0.25, 0.3) is 0 Å². The first-order valence-electron chi connectivity index (χ1n) is 9.23. The second-order valence-electron chi connectivity index (χ2n) is 8.26. The quantitative estimate of drug-likeness (QED) is 0.561. The van der Waals surface area contributed by atoms with Crippen molar-refractivity contribution < 1.29 is 13.7 Å². The van der Waals surface area contributed by atoms with Crippen LogP contribution in [0.2, 0.25) is 0 Å². The maximum Gasteiger partial charge on any atom is 0.225 e. The largest absolute Gasteiger partial charge is 0.619 e. The van der Waals surface area contributed by atoms with Crippen LogP contribution < -0.4 is 4.73 Å². The topological polar surface area (TPSA) is 109 Å². The summed E-state index contributed by atoms with van der Waals surface area (Å²) in [4.78, 5) is 4.29. The molecule has 0 amide bonds. The molecule has 1 fully saturated rings. The Morgan fingerprint density at radius 3 is 2.86 bits per heavy atom. The summed E-state index contributed by atoms with van der Waals surface area (Å²) in [7, 11) is -1.47. The molecule has 3 aliphatic rings. The van der Waals surface area contributed by atoms with Crippen molar-refractivity contribution in [3.05, 3.63) is 40.7 Å². The van der Waals surface area contributed by atoms with Crippen molar-refractivity contribution in [1.82, 2.24) is 14.8 Å². The number of nitrogens with zero attached hydrogens (tertiary/aromatic N) is 6. The summed E-state index contributed by atoms with van der Waals surface area (Å²) < 4.78 is 21.5. The summed E-state index contributed by atoms with van der Waals surface area (Å²) in [5.74, 6) is 0.398. The van der Waals surface area contributed by atoms with Gasteiger partial charge in [0, 0.05) is 17.4 Å². The Kier molecular flexibility index (Phi) is 3.79. The highest BCUT2D eigenvalue weighted by Crippen LogP contribution is 2.43. The molecule has 0 radical (unpaired) electrons. The minimum absolute atomic E-state index is 0.115. The van der Waals surface area contributed by atoms with E-state index in [1.54, 1.807) is 4.68 Å². The molecule has 0 N–H and O–H groups in total. The molecule has 1 saturated heterocycles. The molecular weight excluding hydrogens is 380 g/mol. The molecule has 9 nitrogen and oxygen atoms in total. The van der Waals surface area contributed by atoms with Gasteiger partial charge in [-0.25, -0.2) is 13.9 Å². The third kappa shape index (κ3) is 2.62. The predicted octanol–water partition coefficient (Wildman–Crippen LogP) is 1.55. The molecule has 10 heteroatoms. The Labute approximate surface area is 164 Å². The zero-order valence-electron chi connectivity index (χ0n) is 15.8. The van der Waals surface area contributed by atoms with Gasteiger partial charge in [-0.2, -0.15) is 9.83 Å². The number of ether oxygens (including phenoxy) is 1. The van der Waals surface area contributed by atoms with Gasteiger partial charge in [-0.05, 0) is 12.8 Å². The monoisotopic (exact) mass is 400 g/mol. The van der Waals surface area contributed by atoms with Crippen LogP contribution in [0.15, 0.2) is 28.8 Å².